The van der Waals surface area contributed by atoms with Crippen LogP contribution in [0.25, 0.3) is 0 Å². The summed E-state index contributed by atoms with van der Waals surface area (Å²) in [6.45, 7) is 0.689. The first-order chi connectivity index (χ1) is 9.30. The molecule has 1 saturated heterocycles. The monoisotopic (exact) mass is 300 g/mol. The van der Waals surface area contributed by atoms with Crippen molar-refractivity contribution in [1.29, 1.82) is 0 Å². The highest BCUT2D eigenvalue weighted by Gasteiger charge is 2.28. The average Bonchev–Trinajstić information content (AvgIpc) is 2.40. The third kappa shape index (κ3) is 2.84. The van der Waals surface area contributed by atoms with Gasteiger partial charge < -0.3 is 15.7 Å². The molecule has 1 heterocycles. The minimum absolute atomic E-state index is 0.106. The lowest BCUT2D eigenvalue weighted by molar-refractivity contribution is 0.0695. The molecule has 0 aliphatic carbocycles. The van der Waals surface area contributed by atoms with Crippen molar-refractivity contribution in [1.82, 2.24) is 9.21 Å². The molecule has 1 amide bonds. The first kappa shape index (κ1) is 14.6. The van der Waals surface area contributed by atoms with Gasteiger partial charge in [-0.1, -0.05) is 6.07 Å². The minimum atomic E-state index is -3.73. The molecule has 20 heavy (non-hydrogen) atoms. The van der Waals surface area contributed by atoms with E-state index in [2.05, 4.69) is 0 Å². The van der Waals surface area contributed by atoms with E-state index in [4.69, 9.17) is 10.9 Å². The number of rotatable bonds is 2. The van der Waals surface area contributed by atoms with Crippen LogP contribution < -0.4 is 10.9 Å². The van der Waals surface area contributed by atoms with E-state index < -0.39 is 10.2 Å². The van der Waals surface area contributed by atoms with Gasteiger partial charge in [-0.2, -0.15) is 12.7 Å². The SMILES string of the molecule is Nc1cccc(C(=O)N2CCN(S(N)(=O)=O)CC2)c1O. The second-order valence-electron chi connectivity index (χ2n) is 4.48. The van der Waals surface area contributed by atoms with E-state index in [1.54, 1.807) is 6.07 Å². The Morgan fingerprint density at radius 3 is 2.35 bits per heavy atom. The molecule has 0 bridgehead atoms. The molecule has 2 rings (SSSR count). The third-order valence-corrected chi connectivity index (χ3v) is 4.27. The van der Waals surface area contributed by atoms with Crippen molar-refractivity contribution in [2.75, 3.05) is 31.9 Å². The van der Waals surface area contributed by atoms with Crippen molar-refractivity contribution in [3.05, 3.63) is 23.8 Å². The lowest BCUT2D eigenvalue weighted by Crippen LogP contribution is -2.52. The van der Waals surface area contributed by atoms with Crippen LogP contribution in [0.2, 0.25) is 0 Å². The Balaban J connectivity index is 2.11. The van der Waals surface area contributed by atoms with Gasteiger partial charge >= 0.3 is 0 Å². The molecular weight excluding hydrogens is 284 g/mol. The van der Waals surface area contributed by atoms with Crippen molar-refractivity contribution in [3.8, 4) is 5.75 Å². The van der Waals surface area contributed by atoms with Crippen LogP contribution >= 0.6 is 0 Å². The fourth-order valence-corrected chi connectivity index (χ4v) is 2.72. The summed E-state index contributed by atoms with van der Waals surface area (Å²) in [7, 11) is -3.73. The number of aromatic hydroxyl groups is 1. The smallest absolute Gasteiger partial charge is 0.277 e. The molecule has 1 fully saturated rings. The van der Waals surface area contributed by atoms with Gasteiger partial charge in [0.1, 0.15) is 0 Å². The molecule has 1 aromatic rings. The lowest BCUT2D eigenvalue weighted by Gasteiger charge is -2.33. The summed E-state index contributed by atoms with van der Waals surface area (Å²) in [5.41, 5.74) is 5.77. The third-order valence-electron chi connectivity index (χ3n) is 3.18. The van der Waals surface area contributed by atoms with Gasteiger partial charge in [0.2, 0.25) is 0 Å². The number of nitrogens with zero attached hydrogens (tertiary/aromatic N) is 2. The maximum atomic E-state index is 12.2. The topological polar surface area (TPSA) is 130 Å². The van der Waals surface area contributed by atoms with E-state index in [1.165, 1.54) is 17.0 Å². The average molecular weight is 300 g/mol. The summed E-state index contributed by atoms with van der Waals surface area (Å²) < 4.78 is 23.5. The molecule has 110 valence electrons. The fraction of sp³-hybridized carbons (Fsp3) is 0.364. The van der Waals surface area contributed by atoms with Crippen LogP contribution in [0.5, 0.6) is 5.75 Å². The highest BCUT2D eigenvalue weighted by Crippen LogP contribution is 2.26. The number of phenolic OH excluding ortho intramolecular Hbond substituents is 1. The molecule has 1 aliphatic heterocycles. The molecule has 0 unspecified atom stereocenters. The van der Waals surface area contributed by atoms with Gasteiger partial charge in [0.15, 0.2) is 5.75 Å². The van der Waals surface area contributed by atoms with E-state index in [0.717, 1.165) is 4.31 Å². The van der Waals surface area contributed by atoms with Crippen LogP contribution in [0.3, 0.4) is 0 Å². The second-order valence-corrected chi connectivity index (χ2v) is 6.03. The summed E-state index contributed by atoms with van der Waals surface area (Å²) in [5, 5.41) is 14.8. The predicted molar refractivity (Wildman–Crippen MR) is 73.1 cm³/mol. The van der Waals surface area contributed by atoms with Crippen LogP contribution in [-0.4, -0.2) is 54.8 Å². The van der Waals surface area contributed by atoms with Crippen LogP contribution in [0.15, 0.2) is 18.2 Å². The van der Waals surface area contributed by atoms with Crippen LogP contribution in [0.1, 0.15) is 10.4 Å². The Kier molecular flexibility index (Phi) is 3.84. The zero-order valence-corrected chi connectivity index (χ0v) is 11.5. The summed E-state index contributed by atoms with van der Waals surface area (Å²) in [5.74, 6) is -0.643. The number of nitrogens with two attached hydrogens (primary N) is 2. The molecule has 1 aliphatic rings. The molecule has 1 aromatic carbocycles. The fourth-order valence-electron chi connectivity index (χ4n) is 2.05. The van der Waals surface area contributed by atoms with Crippen molar-refractivity contribution in [2.45, 2.75) is 0 Å². The molecule has 8 nitrogen and oxygen atoms in total. The maximum absolute atomic E-state index is 12.2. The van der Waals surface area contributed by atoms with Gasteiger partial charge in [-0.05, 0) is 12.1 Å². The molecule has 0 saturated carbocycles. The van der Waals surface area contributed by atoms with Crippen LogP contribution in [0, 0.1) is 0 Å². The molecule has 0 atom stereocenters. The van der Waals surface area contributed by atoms with Crippen molar-refractivity contribution < 1.29 is 18.3 Å². The summed E-state index contributed by atoms with van der Waals surface area (Å²) in [4.78, 5) is 13.7. The molecule has 0 spiro atoms. The quantitative estimate of drug-likeness (QED) is 0.473. The number of para-hydroxylation sites is 1. The largest absolute Gasteiger partial charge is 0.505 e. The summed E-state index contributed by atoms with van der Waals surface area (Å²) >= 11 is 0. The van der Waals surface area contributed by atoms with E-state index in [9.17, 15) is 18.3 Å². The number of nitrogen functional groups attached to an aromatic ring is 1. The number of piperazine rings is 1. The number of phenols is 1. The molecular formula is C11H16N4O4S. The van der Waals surface area contributed by atoms with Gasteiger partial charge in [0.05, 0.1) is 11.3 Å². The number of carbonyl (C=O) groups is 1. The van der Waals surface area contributed by atoms with Crippen molar-refractivity contribution in [2.24, 2.45) is 5.14 Å². The van der Waals surface area contributed by atoms with Gasteiger partial charge in [-0.15, -0.1) is 0 Å². The predicted octanol–water partition coefficient (Wildman–Crippen LogP) is -1.06. The number of anilines is 1. The molecule has 5 N–H and O–H groups in total. The van der Waals surface area contributed by atoms with E-state index in [-0.39, 0.29) is 49.1 Å². The number of hydrogen-bond donors (Lipinski definition) is 3. The first-order valence-corrected chi connectivity index (χ1v) is 7.45. The Morgan fingerprint density at radius 2 is 1.80 bits per heavy atom. The Hall–Kier alpha value is -1.84. The van der Waals surface area contributed by atoms with Crippen molar-refractivity contribution >= 4 is 21.8 Å². The van der Waals surface area contributed by atoms with Gasteiger partial charge in [0, 0.05) is 26.2 Å². The first-order valence-electron chi connectivity index (χ1n) is 5.95. The Bertz CT molecular complexity index is 623. The normalized spacial score (nSPS) is 17.1. The van der Waals surface area contributed by atoms with E-state index in [1.807, 2.05) is 0 Å². The molecule has 0 aromatic heterocycles. The minimum Gasteiger partial charge on any atom is -0.505 e. The lowest BCUT2D eigenvalue weighted by atomic mass is 10.1. The Labute approximate surface area is 116 Å². The molecule has 9 heteroatoms. The maximum Gasteiger partial charge on any atom is 0.277 e. The number of carbonyl (C=O) groups excluding carboxylic acids is 1. The van der Waals surface area contributed by atoms with E-state index >= 15 is 0 Å². The van der Waals surface area contributed by atoms with Crippen molar-refractivity contribution in [3.63, 3.8) is 0 Å². The highest BCUT2D eigenvalue weighted by atomic mass is 32.2. The highest BCUT2D eigenvalue weighted by molar-refractivity contribution is 7.86. The van der Waals surface area contributed by atoms with Crippen LogP contribution in [0.4, 0.5) is 5.69 Å². The van der Waals surface area contributed by atoms with Gasteiger partial charge in [0.25, 0.3) is 16.1 Å². The summed E-state index contributed by atoms with van der Waals surface area (Å²) in [6.07, 6.45) is 0. The van der Waals surface area contributed by atoms with E-state index in [0.29, 0.717) is 0 Å². The number of hydrogen-bond acceptors (Lipinski definition) is 5. The van der Waals surface area contributed by atoms with Crippen LogP contribution in [-0.2, 0) is 10.2 Å². The number of benzene rings is 1. The molecule has 0 radical (unpaired) electrons. The zero-order valence-electron chi connectivity index (χ0n) is 10.7. The van der Waals surface area contributed by atoms with Gasteiger partial charge in [-0.3, -0.25) is 4.79 Å². The van der Waals surface area contributed by atoms with Gasteiger partial charge in [-0.25, -0.2) is 5.14 Å². The summed E-state index contributed by atoms with van der Waals surface area (Å²) in [6, 6.07) is 4.54. The number of amides is 1. The zero-order chi connectivity index (χ0) is 14.9. The standard InChI is InChI=1S/C11H16N4O4S/c12-9-3-1-2-8(10(9)16)11(17)14-4-6-15(7-5-14)20(13,18)19/h1-3,16H,4-7,12H2,(H2,13,18,19). The second kappa shape index (κ2) is 5.27. The Morgan fingerprint density at radius 1 is 1.20 bits per heavy atom.